The summed E-state index contributed by atoms with van der Waals surface area (Å²) >= 11 is 3.51. The maximum absolute atomic E-state index is 9.11. The van der Waals surface area contributed by atoms with E-state index in [1.54, 1.807) is 0 Å². The summed E-state index contributed by atoms with van der Waals surface area (Å²) in [6, 6.07) is 10.6. The van der Waals surface area contributed by atoms with E-state index in [-0.39, 0.29) is 0 Å². The van der Waals surface area contributed by atoms with Crippen molar-refractivity contribution >= 4 is 27.4 Å². The maximum Gasteiger partial charge on any atom is 0.133 e. The number of benzene rings is 1. The van der Waals surface area contributed by atoms with Gasteiger partial charge in [-0.3, -0.25) is 0 Å². The van der Waals surface area contributed by atoms with Crippen molar-refractivity contribution in [3.8, 4) is 6.07 Å². The molecule has 0 amide bonds. The number of halogens is 1. The molecule has 6 heteroatoms. The van der Waals surface area contributed by atoms with Gasteiger partial charge in [0.15, 0.2) is 0 Å². The molecule has 0 N–H and O–H groups in total. The molecule has 1 aromatic carbocycles. The lowest BCUT2D eigenvalue weighted by molar-refractivity contribution is 0.485. The molecule has 1 aliphatic heterocycles. The van der Waals surface area contributed by atoms with Gasteiger partial charge in [0, 0.05) is 48.5 Å². The third kappa shape index (κ3) is 3.54. The second-order valence-corrected chi connectivity index (χ2v) is 8.03. The second-order valence-electron chi connectivity index (χ2n) is 7.18. The normalized spacial score (nSPS) is 19.9. The van der Waals surface area contributed by atoms with Crippen molar-refractivity contribution in [1.29, 1.82) is 5.26 Å². The van der Waals surface area contributed by atoms with Gasteiger partial charge in [-0.05, 0) is 65.9 Å². The summed E-state index contributed by atoms with van der Waals surface area (Å²) in [5, 5.41) is 9.11. The van der Waals surface area contributed by atoms with Crippen LogP contribution in [0.1, 0.15) is 43.0 Å². The fraction of sp³-hybridized carbons (Fsp3) is 0.450. The summed E-state index contributed by atoms with van der Waals surface area (Å²) < 4.78 is 0.859. The van der Waals surface area contributed by atoms with Crippen molar-refractivity contribution in [2.45, 2.75) is 37.6 Å². The highest BCUT2D eigenvalue weighted by Crippen LogP contribution is 2.38. The summed E-state index contributed by atoms with van der Waals surface area (Å²) in [6.07, 6.45) is 6.64. The maximum atomic E-state index is 9.11. The second kappa shape index (κ2) is 7.24. The summed E-state index contributed by atoms with van der Waals surface area (Å²) in [7, 11) is 2.14. The molecule has 26 heavy (non-hydrogen) atoms. The summed E-state index contributed by atoms with van der Waals surface area (Å²) in [4.78, 5) is 13.9. The van der Waals surface area contributed by atoms with Crippen LogP contribution in [-0.2, 0) is 0 Å². The molecule has 0 bridgehead atoms. The van der Waals surface area contributed by atoms with Crippen LogP contribution in [0.3, 0.4) is 0 Å². The molecule has 1 atom stereocenters. The molecule has 2 aliphatic rings. The molecule has 2 fully saturated rings. The molecule has 1 unspecified atom stereocenters. The Kier molecular flexibility index (Phi) is 4.82. The van der Waals surface area contributed by atoms with Crippen LogP contribution >= 0.6 is 15.9 Å². The highest BCUT2D eigenvalue weighted by atomic mass is 79.9. The average molecular weight is 412 g/mol. The van der Waals surface area contributed by atoms with Gasteiger partial charge in [0.1, 0.15) is 17.7 Å². The fourth-order valence-electron chi connectivity index (χ4n) is 3.58. The standard InChI is InChI=1S/C20H22BrN5/c1-25(19-8-9-23-20(24-19)14-4-5-14)17-3-2-10-26(13-17)16-7-6-15(12-22)18(21)11-16/h6-9,11,14,17H,2-5,10,13H2,1H3. The van der Waals surface area contributed by atoms with E-state index in [4.69, 9.17) is 10.2 Å². The van der Waals surface area contributed by atoms with Gasteiger partial charge >= 0.3 is 0 Å². The van der Waals surface area contributed by atoms with Crippen LogP contribution in [0.2, 0.25) is 0 Å². The third-order valence-electron chi connectivity index (χ3n) is 5.35. The van der Waals surface area contributed by atoms with Crippen LogP contribution < -0.4 is 9.80 Å². The van der Waals surface area contributed by atoms with E-state index in [0.29, 0.717) is 17.5 Å². The minimum Gasteiger partial charge on any atom is -0.369 e. The Labute approximate surface area is 162 Å². The van der Waals surface area contributed by atoms with Gasteiger partial charge in [-0.2, -0.15) is 5.26 Å². The smallest absolute Gasteiger partial charge is 0.133 e. The molecule has 5 nitrogen and oxygen atoms in total. The van der Waals surface area contributed by atoms with Crippen molar-refractivity contribution in [3.05, 3.63) is 46.3 Å². The minimum absolute atomic E-state index is 0.417. The van der Waals surface area contributed by atoms with E-state index in [2.05, 4.69) is 49.9 Å². The number of rotatable bonds is 4. The quantitative estimate of drug-likeness (QED) is 0.757. The van der Waals surface area contributed by atoms with Crippen LogP contribution in [0.15, 0.2) is 34.9 Å². The van der Waals surface area contributed by atoms with Crippen molar-refractivity contribution < 1.29 is 0 Å². The number of anilines is 2. The molecular formula is C20H22BrN5. The highest BCUT2D eigenvalue weighted by Gasteiger charge is 2.28. The van der Waals surface area contributed by atoms with Gasteiger partial charge in [-0.1, -0.05) is 0 Å². The van der Waals surface area contributed by atoms with Crippen LogP contribution in [0, 0.1) is 11.3 Å². The molecule has 1 saturated heterocycles. The van der Waals surface area contributed by atoms with E-state index in [0.717, 1.165) is 47.7 Å². The lowest BCUT2D eigenvalue weighted by Crippen LogP contribution is -2.47. The molecule has 1 aliphatic carbocycles. The fourth-order valence-corrected chi connectivity index (χ4v) is 4.04. The first-order valence-electron chi connectivity index (χ1n) is 9.16. The largest absolute Gasteiger partial charge is 0.369 e. The van der Waals surface area contributed by atoms with Crippen LogP contribution in [-0.4, -0.2) is 36.1 Å². The lowest BCUT2D eigenvalue weighted by Gasteiger charge is -2.39. The first kappa shape index (κ1) is 17.3. The Morgan fingerprint density at radius 3 is 2.85 bits per heavy atom. The molecule has 4 rings (SSSR count). The summed E-state index contributed by atoms with van der Waals surface area (Å²) in [5.74, 6) is 2.59. The summed E-state index contributed by atoms with van der Waals surface area (Å²) in [6.45, 7) is 2.00. The average Bonchev–Trinajstić information content (AvgIpc) is 3.53. The van der Waals surface area contributed by atoms with E-state index < -0.39 is 0 Å². The Morgan fingerprint density at radius 2 is 2.12 bits per heavy atom. The number of hydrogen-bond acceptors (Lipinski definition) is 5. The molecule has 134 valence electrons. The molecule has 1 saturated carbocycles. The van der Waals surface area contributed by atoms with Gasteiger partial charge in [-0.25, -0.2) is 9.97 Å². The number of nitriles is 1. The SMILES string of the molecule is CN(c1ccnc(C2CC2)n1)C1CCCN(c2ccc(C#N)c(Br)c2)C1. The first-order chi connectivity index (χ1) is 12.7. The highest BCUT2D eigenvalue weighted by molar-refractivity contribution is 9.10. The van der Waals surface area contributed by atoms with E-state index in [1.165, 1.54) is 12.8 Å². The monoisotopic (exact) mass is 411 g/mol. The van der Waals surface area contributed by atoms with Crippen molar-refractivity contribution in [2.75, 3.05) is 29.9 Å². The lowest BCUT2D eigenvalue weighted by atomic mass is 10.0. The number of hydrogen-bond donors (Lipinski definition) is 0. The molecule has 2 aromatic rings. The van der Waals surface area contributed by atoms with E-state index in [9.17, 15) is 0 Å². The Bertz CT molecular complexity index is 842. The minimum atomic E-state index is 0.417. The van der Waals surface area contributed by atoms with Crippen LogP contribution in [0.25, 0.3) is 0 Å². The van der Waals surface area contributed by atoms with E-state index >= 15 is 0 Å². The summed E-state index contributed by atoms with van der Waals surface area (Å²) in [5.41, 5.74) is 1.84. The topological polar surface area (TPSA) is 56.1 Å². The number of nitrogens with zero attached hydrogens (tertiary/aromatic N) is 5. The van der Waals surface area contributed by atoms with Crippen molar-refractivity contribution in [1.82, 2.24) is 9.97 Å². The van der Waals surface area contributed by atoms with Gasteiger partial charge < -0.3 is 9.80 Å². The van der Waals surface area contributed by atoms with Crippen LogP contribution in [0.5, 0.6) is 0 Å². The number of aromatic nitrogens is 2. The molecular weight excluding hydrogens is 390 g/mol. The van der Waals surface area contributed by atoms with Crippen LogP contribution in [0.4, 0.5) is 11.5 Å². The number of piperidine rings is 1. The van der Waals surface area contributed by atoms with E-state index in [1.807, 2.05) is 24.4 Å². The molecule has 1 aromatic heterocycles. The Morgan fingerprint density at radius 1 is 1.27 bits per heavy atom. The van der Waals surface area contributed by atoms with Gasteiger partial charge in [0.05, 0.1) is 5.56 Å². The first-order valence-corrected chi connectivity index (χ1v) is 9.95. The number of likely N-dealkylation sites (N-methyl/N-ethyl adjacent to an activating group) is 1. The van der Waals surface area contributed by atoms with Gasteiger partial charge in [0.25, 0.3) is 0 Å². The predicted molar refractivity (Wildman–Crippen MR) is 107 cm³/mol. The zero-order chi connectivity index (χ0) is 18.1. The Balaban J connectivity index is 1.50. The molecule has 0 spiro atoms. The zero-order valence-electron chi connectivity index (χ0n) is 14.9. The Hall–Kier alpha value is -2.13. The van der Waals surface area contributed by atoms with Gasteiger partial charge in [0.2, 0.25) is 0 Å². The zero-order valence-corrected chi connectivity index (χ0v) is 16.5. The predicted octanol–water partition coefficient (Wildman–Crippen LogP) is 4.09. The van der Waals surface area contributed by atoms with Gasteiger partial charge in [-0.15, -0.1) is 0 Å². The molecule has 0 radical (unpaired) electrons. The van der Waals surface area contributed by atoms with Crippen molar-refractivity contribution in [2.24, 2.45) is 0 Å². The van der Waals surface area contributed by atoms with Crippen molar-refractivity contribution in [3.63, 3.8) is 0 Å². The molecule has 2 heterocycles. The third-order valence-corrected chi connectivity index (χ3v) is 6.00.